The van der Waals surface area contributed by atoms with Crippen LogP contribution in [0.15, 0.2) is 79.6 Å². The van der Waals surface area contributed by atoms with Gasteiger partial charge in [-0.25, -0.2) is 9.97 Å². The van der Waals surface area contributed by atoms with Gasteiger partial charge in [0.05, 0.1) is 5.69 Å². The van der Waals surface area contributed by atoms with Crippen molar-refractivity contribution in [1.29, 1.82) is 0 Å². The molecule has 0 aliphatic rings. The monoisotopic (exact) mass is 416 g/mol. The normalized spacial score (nSPS) is 10.4. The summed E-state index contributed by atoms with van der Waals surface area (Å²) in [5, 5.41) is 11.6. The van der Waals surface area contributed by atoms with E-state index < -0.39 is 0 Å². The van der Waals surface area contributed by atoms with Gasteiger partial charge in [-0.2, -0.15) is 4.98 Å². The van der Waals surface area contributed by atoms with Crippen LogP contribution in [0, 0.1) is 0 Å². The SMILES string of the molecule is C=CC(=O)Nc1cccc(Nc2ncnc(Nc3cc(Cl)cc4ccccc34)n2)c1. The third kappa shape index (κ3) is 4.53. The minimum absolute atomic E-state index is 0.285. The van der Waals surface area contributed by atoms with E-state index in [1.807, 2.05) is 42.5 Å². The minimum atomic E-state index is -0.285. The molecule has 0 bridgehead atoms. The first-order chi connectivity index (χ1) is 14.6. The minimum Gasteiger partial charge on any atom is -0.324 e. The van der Waals surface area contributed by atoms with E-state index >= 15 is 0 Å². The molecular weight excluding hydrogens is 400 g/mol. The molecule has 0 unspecified atom stereocenters. The second kappa shape index (κ2) is 8.59. The fraction of sp³-hybridized carbons (Fsp3) is 0. The summed E-state index contributed by atoms with van der Waals surface area (Å²) < 4.78 is 0. The van der Waals surface area contributed by atoms with E-state index in [9.17, 15) is 4.79 Å². The molecular formula is C22H17ClN6O. The van der Waals surface area contributed by atoms with Crippen molar-refractivity contribution in [3.05, 3.63) is 84.7 Å². The van der Waals surface area contributed by atoms with Crippen molar-refractivity contribution >= 4 is 57.2 Å². The molecule has 0 atom stereocenters. The average molecular weight is 417 g/mol. The third-order valence-electron chi connectivity index (χ3n) is 4.22. The molecule has 3 aromatic carbocycles. The van der Waals surface area contributed by atoms with Crippen LogP contribution in [-0.4, -0.2) is 20.9 Å². The van der Waals surface area contributed by atoms with Gasteiger partial charge in [0.15, 0.2) is 0 Å². The second-order valence-corrected chi connectivity index (χ2v) is 6.77. The zero-order chi connectivity index (χ0) is 20.9. The number of hydrogen-bond acceptors (Lipinski definition) is 6. The molecule has 1 heterocycles. The Morgan fingerprint density at radius 3 is 2.53 bits per heavy atom. The summed E-state index contributed by atoms with van der Waals surface area (Å²) in [5.74, 6) is 0.439. The molecule has 4 rings (SSSR count). The van der Waals surface area contributed by atoms with Gasteiger partial charge >= 0.3 is 0 Å². The van der Waals surface area contributed by atoms with Crippen LogP contribution in [0.1, 0.15) is 0 Å². The van der Waals surface area contributed by atoms with Gasteiger partial charge in [-0.3, -0.25) is 4.79 Å². The fourth-order valence-electron chi connectivity index (χ4n) is 2.91. The second-order valence-electron chi connectivity index (χ2n) is 6.33. The van der Waals surface area contributed by atoms with Gasteiger partial charge < -0.3 is 16.0 Å². The van der Waals surface area contributed by atoms with E-state index in [4.69, 9.17) is 11.6 Å². The zero-order valence-corrected chi connectivity index (χ0v) is 16.5. The summed E-state index contributed by atoms with van der Waals surface area (Å²) in [7, 11) is 0. The predicted molar refractivity (Wildman–Crippen MR) is 121 cm³/mol. The van der Waals surface area contributed by atoms with E-state index in [1.165, 1.54) is 12.4 Å². The quantitative estimate of drug-likeness (QED) is 0.370. The number of amides is 1. The first-order valence-electron chi connectivity index (χ1n) is 9.05. The maximum absolute atomic E-state index is 11.5. The van der Waals surface area contributed by atoms with Crippen LogP contribution in [0.5, 0.6) is 0 Å². The molecule has 0 aliphatic carbocycles. The first kappa shape index (κ1) is 19.4. The van der Waals surface area contributed by atoms with Crippen LogP contribution in [0.3, 0.4) is 0 Å². The molecule has 1 aromatic heterocycles. The lowest BCUT2D eigenvalue weighted by molar-refractivity contribution is -0.111. The number of rotatable bonds is 6. The predicted octanol–water partition coefficient (Wildman–Crippen LogP) is 5.29. The molecule has 148 valence electrons. The number of nitrogens with zero attached hydrogens (tertiary/aromatic N) is 3. The molecule has 7 nitrogen and oxygen atoms in total. The lowest BCUT2D eigenvalue weighted by Gasteiger charge is -2.11. The van der Waals surface area contributed by atoms with Gasteiger partial charge in [0.1, 0.15) is 6.33 Å². The summed E-state index contributed by atoms with van der Waals surface area (Å²) in [6, 6.07) is 18.8. The van der Waals surface area contributed by atoms with E-state index in [0.717, 1.165) is 16.5 Å². The van der Waals surface area contributed by atoms with Crippen LogP contribution in [0.25, 0.3) is 10.8 Å². The lowest BCUT2D eigenvalue weighted by atomic mass is 10.1. The van der Waals surface area contributed by atoms with E-state index in [1.54, 1.807) is 18.2 Å². The molecule has 0 saturated heterocycles. The number of aromatic nitrogens is 3. The number of fused-ring (bicyclic) bond motifs is 1. The standard InChI is InChI=1S/C22H17ClN6O/c1-2-20(30)26-16-7-5-8-17(12-16)27-21-24-13-25-22(29-21)28-19-11-15(23)10-14-6-3-4-9-18(14)19/h2-13H,1H2,(H,26,30)(H2,24,25,27,28,29). The topological polar surface area (TPSA) is 91.8 Å². The summed E-state index contributed by atoms with van der Waals surface area (Å²) in [5.41, 5.74) is 2.13. The smallest absolute Gasteiger partial charge is 0.247 e. The Morgan fingerprint density at radius 1 is 0.933 bits per heavy atom. The van der Waals surface area contributed by atoms with Crippen molar-refractivity contribution in [2.45, 2.75) is 0 Å². The van der Waals surface area contributed by atoms with Crippen molar-refractivity contribution in [1.82, 2.24) is 15.0 Å². The summed E-state index contributed by atoms with van der Waals surface area (Å²) in [4.78, 5) is 24.3. The Hall–Kier alpha value is -3.97. The van der Waals surface area contributed by atoms with Gasteiger partial charge in [0, 0.05) is 21.8 Å². The Bertz CT molecular complexity index is 1240. The molecule has 0 aliphatic heterocycles. The van der Waals surface area contributed by atoms with E-state index in [0.29, 0.717) is 28.3 Å². The number of carbonyl (C=O) groups is 1. The van der Waals surface area contributed by atoms with Gasteiger partial charge in [0.2, 0.25) is 17.8 Å². The largest absolute Gasteiger partial charge is 0.324 e. The van der Waals surface area contributed by atoms with Crippen LogP contribution in [0.4, 0.5) is 29.0 Å². The summed E-state index contributed by atoms with van der Waals surface area (Å²) >= 11 is 6.25. The highest BCUT2D eigenvalue weighted by molar-refractivity contribution is 6.32. The highest BCUT2D eigenvalue weighted by Gasteiger charge is 2.07. The highest BCUT2D eigenvalue weighted by Crippen LogP contribution is 2.29. The van der Waals surface area contributed by atoms with Crippen molar-refractivity contribution in [2.24, 2.45) is 0 Å². The molecule has 0 spiro atoms. The Morgan fingerprint density at radius 2 is 1.70 bits per heavy atom. The van der Waals surface area contributed by atoms with Crippen LogP contribution >= 0.6 is 11.6 Å². The number of anilines is 5. The fourth-order valence-corrected chi connectivity index (χ4v) is 3.14. The van der Waals surface area contributed by atoms with Crippen molar-refractivity contribution in [2.75, 3.05) is 16.0 Å². The van der Waals surface area contributed by atoms with Crippen molar-refractivity contribution < 1.29 is 4.79 Å². The van der Waals surface area contributed by atoms with Crippen LogP contribution in [0.2, 0.25) is 5.02 Å². The Labute approximate surface area is 177 Å². The van der Waals surface area contributed by atoms with Gasteiger partial charge in [-0.05, 0) is 41.8 Å². The maximum Gasteiger partial charge on any atom is 0.247 e. The van der Waals surface area contributed by atoms with Crippen LogP contribution < -0.4 is 16.0 Å². The molecule has 8 heteroatoms. The molecule has 30 heavy (non-hydrogen) atoms. The molecule has 1 amide bonds. The number of benzene rings is 3. The zero-order valence-electron chi connectivity index (χ0n) is 15.8. The molecule has 0 radical (unpaired) electrons. The van der Waals surface area contributed by atoms with Gasteiger partial charge in [-0.15, -0.1) is 0 Å². The molecule has 4 aromatic rings. The first-order valence-corrected chi connectivity index (χ1v) is 9.43. The summed E-state index contributed by atoms with van der Waals surface area (Å²) in [6.07, 6.45) is 2.62. The summed E-state index contributed by atoms with van der Waals surface area (Å²) in [6.45, 7) is 3.45. The Balaban J connectivity index is 1.56. The molecule has 0 fully saturated rings. The van der Waals surface area contributed by atoms with E-state index in [-0.39, 0.29) is 5.91 Å². The number of nitrogens with one attached hydrogen (secondary N) is 3. The number of carbonyl (C=O) groups excluding carboxylic acids is 1. The highest BCUT2D eigenvalue weighted by atomic mass is 35.5. The number of halogens is 1. The third-order valence-corrected chi connectivity index (χ3v) is 4.43. The van der Waals surface area contributed by atoms with Crippen molar-refractivity contribution in [3.63, 3.8) is 0 Å². The maximum atomic E-state index is 11.5. The molecule has 3 N–H and O–H groups in total. The van der Waals surface area contributed by atoms with E-state index in [2.05, 4.69) is 37.5 Å². The van der Waals surface area contributed by atoms with Gasteiger partial charge in [0.25, 0.3) is 0 Å². The lowest BCUT2D eigenvalue weighted by Crippen LogP contribution is -2.07. The Kier molecular flexibility index (Phi) is 5.54. The molecule has 0 saturated carbocycles. The van der Waals surface area contributed by atoms with Crippen molar-refractivity contribution in [3.8, 4) is 0 Å². The van der Waals surface area contributed by atoms with Gasteiger partial charge in [-0.1, -0.05) is 48.5 Å². The number of hydrogen-bond donors (Lipinski definition) is 3. The average Bonchev–Trinajstić information content (AvgIpc) is 2.74. The van der Waals surface area contributed by atoms with Crippen LogP contribution in [-0.2, 0) is 4.79 Å².